The molecule has 1 aliphatic heterocycles. The molecule has 0 unspecified atom stereocenters. The molecule has 0 radical (unpaired) electrons. The molecule has 0 aliphatic carbocycles. The number of hydrogen-bond donors (Lipinski definition) is 1. The fourth-order valence-electron chi connectivity index (χ4n) is 2.66. The van der Waals surface area contributed by atoms with Gasteiger partial charge < -0.3 is 10.2 Å². The summed E-state index contributed by atoms with van der Waals surface area (Å²) in [5.74, 6) is 0. The molecule has 1 N–H and O–H groups in total. The number of hydrogen-bond acceptors (Lipinski definition) is 2. The van der Waals surface area contributed by atoms with Crippen molar-refractivity contribution >= 4 is 0 Å². The molecule has 2 rings (SSSR count). The van der Waals surface area contributed by atoms with Gasteiger partial charge in [0.15, 0.2) is 0 Å². The molecule has 1 aliphatic rings. The third-order valence-electron chi connectivity index (χ3n) is 4.36. The van der Waals surface area contributed by atoms with Crippen LogP contribution in [0.4, 0.5) is 13.2 Å². The van der Waals surface area contributed by atoms with Gasteiger partial charge in [-0.1, -0.05) is 19.1 Å². The van der Waals surface area contributed by atoms with E-state index < -0.39 is 11.7 Å². The molecule has 1 aromatic rings. The van der Waals surface area contributed by atoms with Crippen LogP contribution in [0.3, 0.4) is 0 Å². The van der Waals surface area contributed by atoms with Crippen LogP contribution in [-0.4, -0.2) is 31.6 Å². The lowest BCUT2D eigenvalue weighted by Gasteiger charge is -2.38. The summed E-state index contributed by atoms with van der Waals surface area (Å²) in [6.07, 6.45) is -1.94. The van der Waals surface area contributed by atoms with Gasteiger partial charge in [-0.2, -0.15) is 13.2 Å². The Hall–Kier alpha value is -1.07. The van der Waals surface area contributed by atoms with Crippen molar-refractivity contribution in [3.05, 3.63) is 35.4 Å². The first-order valence-corrected chi connectivity index (χ1v) is 7.34. The van der Waals surface area contributed by atoms with Crippen LogP contribution in [-0.2, 0) is 12.7 Å². The molecule has 1 saturated heterocycles. The monoisotopic (exact) mass is 300 g/mol. The van der Waals surface area contributed by atoms with Gasteiger partial charge in [-0.3, -0.25) is 0 Å². The lowest BCUT2D eigenvalue weighted by molar-refractivity contribution is -0.137. The van der Waals surface area contributed by atoms with Crippen LogP contribution >= 0.6 is 0 Å². The van der Waals surface area contributed by atoms with Gasteiger partial charge in [0.25, 0.3) is 0 Å². The normalized spacial score (nSPS) is 19.7. The SMILES string of the molecule is CN1CCC(C)(CNCc2ccc(C(F)(F)F)cc2)CC1. The van der Waals surface area contributed by atoms with Crippen molar-refractivity contribution in [1.29, 1.82) is 0 Å². The van der Waals surface area contributed by atoms with Crippen molar-refractivity contribution in [3.8, 4) is 0 Å². The maximum atomic E-state index is 12.5. The number of benzene rings is 1. The third kappa shape index (κ3) is 4.71. The Morgan fingerprint density at radius 1 is 1.14 bits per heavy atom. The molecule has 21 heavy (non-hydrogen) atoms. The second kappa shape index (κ2) is 6.36. The predicted molar refractivity (Wildman–Crippen MR) is 78.0 cm³/mol. The molecular formula is C16H23F3N2. The molecule has 2 nitrogen and oxygen atoms in total. The van der Waals surface area contributed by atoms with Crippen LogP contribution in [0.1, 0.15) is 30.9 Å². The molecule has 0 atom stereocenters. The summed E-state index contributed by atoms with van der Waals surface area (Å²) in [4.78, 5) is 2.33. The summed E-state index contributed by atoms with van der Waals surface area (Å²) >= 11 is 0. The molecule has 0 amide bonds. The summed E-state index contributed by atoms with van der Waals surface area (Å²) < 4.78 is 37.4. The molecule has 0 bridgehead atoms. The molecule has 5 heteroatoms. The molecule has 0 saturated carbocycles. The Bertz CT molecular complexity index is 446. The maximum absolute atomic E-state index is 12.5. The fourth-order valence-corrected chi connectivity index (χ4v) is 2.66. The van der Waals surface area contributed by atoms with Gasteiger partial charge in [0.05, 0.1) is 5.56 Å². The highest BCUT2D eigenvalue weighted by molar-refractivity contribution is 5.24. The molecule has 1 heterocycles. The average molecular weight is 300 g/mol. The van der Waals surface area contributed by atoms with Crippen LogP contribution < -0.4 is 5.32 Å². The highest BCUT2D eigenvalue weighted by atomic mass is 19.4. The number of nitrogens with zero attached hydrogens (tertiary/aromatic N) is 1. The van der Waals surface area contributed by atoms with Gasteiger partial charge >= 0.3 is 6.18 Å². The average Bonchev–Trinajstić information content (AvgIpc) is 2.42. The van der Waals surface area contributed by atoms with E-state index in [0.717, 1.165) is 50.2 Å². The first-order chi connectivity index (χ1) is 9.78. The summed E-state index contributed by atoms with van der Waals surface area (Å²) in [5.41, 5.74) is 0.589. The van der Waals surface area contributed by atoms with Gasteiger partial charge in [-0.25, -0.2) is 0 Å². The highest BCUT2D eigenvalue weighted by Crippen LogP contribution is 2.30. The van der Waals surface area contributed by atoms with Gasteiger partial charge in [-0.15, -0.1) is 0 Å². The Morgan fingerprint density at radius 3 is 2.24 bits per heavy atom. The van der Waals surface area contributed by atoms with Crippen molar-refractivity contribution in [3.63, 3.8) is 0 Å². The number of likely N-dealkylation sites (tertiary alicyclic amines) is 1. The van der Waals surface area contributed by atoms with Gasteiger partial charge in [0.2, 0.25) is 0 Å². The first-order valence-electron chi connectivity index (χ1n) is 7.34. The quantitative estimate of drug-likeness (QED) is 0.915. The zero-order chi connectivity index (χ0) is 15.5. The number of rotatable bonds is 4. The second-order valence-corrected chi connectivity index (χ2v) is 6.41. The zero-order valence-corrected chi connectivity index (χ0v) is 12.6. The first kappa shape index (κ1) is 16.3. The van der Waals surface area contributed by atoms with E-state index >= 15 is 0 Å². The summed E-state index contributed by atoms with van der Waals surface area (Å²) in [6.45, 7) is 6.02. The molecule has 0 aromatic heterocycles. The topological polar surface area (TPSA) is 15.3 Å². The van der Waals surface area contributed by atoms with E-state index in [4.69, 9.17) is 0 Å². The Morgan fingerprint density at radius 2 is 1.71 bits per heavy atom. The maximum Gasteiger partial charge on any atom is 0.416 e. The van der Waals surface area contributed by atoms with E-state index in [9.17, 15) is 13.2 Å². The minimum Gasteiger partial charge on any atom is -0.312 e. The standard InChI is InChI=1S/C16H23F3N2/c1-15(7-9-21(2)10-8-15)12-20-11-13-3-5-14(6-4-13)16(17,18)19/h3-6,20H,7-12H2,1-2H3. The largest absolute Gasteiger partial charge is 0.416 e. The Balaban J connectivity index is 1.81. The molecular weight excluding hydrogens is 277 g/mol. The number of alkyl halides is 3. The van der Waals surface area contributed by atoms with E-state index in [1.807, 2.05) is 0 Å². The van der Waals surface area contributed by atoms with Crippen molar-refractivity contribution in [2.75, 3.05) is 26.7 Å². The summed E-state index contributed by atoms with van der Waals surface area (Å²) in [7, 11) is 2.13. The third-order valence-corrected chi connectivity index (χ3v) is 4.36. The summed E-state index contributed by atoms with van der Waals surface area (Å²) in [6, 6.07) is 5.39. The minimum absolute atomic E-state index is 0.290. The molecule has 1 aromatic carbocycles. The Kier molecular flexibility index (Phi) is 4.94. The van der Waals surface area contributed by atoms with Crippen LogP contribution in [0, 0.1) is 5.41 Å². The number of halogens is 3. The van der Waals surface area contributed by atoms with Crippen molar-refractivity contribution < 1.29 is 13.2 Å². The predicted octanol–water partition coefficient (Wildman–Crippen LogP) is 3.53. The van der Waals surface area contributed by atoms with Crippen molar-refractivity contribution in [2.45, 2.75) is 32.5 Å². The van der Waals surface area contributed by atoms with E-state index in [0.29, 0.717) is 12.0 Å². The highest BCUT2D eigenvalue weighted by Gasteiger charge is 2.30. The van der Waals surface area contributed by atoms with E-state index in [1.165, 1.54) is 0 Å². The van der Waals surface area contributed by atoms with Crippen LogP contribution in [0.5, 0.6) is 0 Å². The number of piperidine rings is 1. The molecule has 0 spiro atoms. The molecule has 1 fully saturated rings. The van der Waals surface area contributed by atoms with Crippen LogP contribution in [0.2, 0.25) is 0 Å². The smallest absolute Gasteiger partial charge is 0.312 e. The van der Waals surface area contributed by atoms with Crippen molar-refractivity contribution in [2.24, 2.45) is 5.41 Å². The lowest BCUT2D eigenvalue weighted by Crippen LogP contribution is -2.41. The zero-order valence-electron chi connectivity index (χ0n) is 12.6. The van der Waals surface area contributed by atoms with Crippen molar-refractivity contribution in [1.82, 2.24) is 10.2 Å². The minimum atomic E-state index is -4.26. The van der Waals surface area contributed by atoms with Gasteiger partial charge in [-0.05, 0) is 56.1 Å². The van der Waals surface area contributed by atoms with Crippen LogP contribution in [0.25, 0.3) is 0 Å². The van der Waals surface area contributed by atoms with E-state index in [1.54, 1.807) is 12.1 Å². The second-order valence-electron chi connectivity index (χ2n) is 6.41. The van der Waals surface area contributed by atoms with E-state index in [2.05, 4.69) is 24.2 Å². The Labute approximate surface area is 124 Å². The number of nitrogens with one attached hydrogen (secondary N) is 1. The van der Waals surface area contributed by atoms with Crippen LogP contribution in [0.15, 0.2) is 24.3 Å². The lowest BCUT2D eigenvalue weighted by atomic mass is 9.80. The summed E-state index contributed by atoms with van der Waals surface area (Å²) in [5, 5.41) is 3.39. The fraction of sp³-hybridized carbons (Fsp3) is 0.625. The van der Waals surface area contributed by atoms with Gasteiger partial charge in [0, 0.05) is 13.1 Å². The van der Waals surface area contributed by atoms with Gasteiger partial charge in [0.1, 0.15) is 0 Å². The molecule has 118 valence electrons. The van der Waals surface area contributed by atoms with E-state index in [-0.39, 0.29) is 0 Å².